The number of carbonyl (C=O) groups is 3. The Morgan fingerprint density at radius 1 is 1.11 bits per heavy atom. The molecule has 2 heterocycles. The molecule has 0 bridgehead atoms. The first kappa shape index (κ1) is 26.0. The first-order valence-electron chi connectivity index (χ1n) is 11.2. The zero-order valence-electron chi connectivity index (χ0n) is 20.1. The average molecular weight is 483 g/mol. The van der Waals surface area contributed by atoms with Gasteiger partial charge >= 0.3 is 0 Å². The maximum Gasteiger partial charge on any atom is 0.278 e. The second-order valence-electron chi connectivity index (χ2n) is 8.33. The second-order valence-corrected chi connectivity index (χ2v) is 8.33. The molecule has 2 aromatic rings. The van der Waals surface area contributed by atoms with Gasteiger partial charge in [-0.05, 0) is 43.7 Å². The molecule has 1 aliphatic heterocycles. The summed E-state index contributed by atoms with van der Waals surface area (Å²) in [4.78, 5) is 40.7. The van der Waals surface area contributed by atoms with Crippen molar-refractivity contribution in [3.05, 3.63) is 59.0 Å². The van der Waals surface area contributed by atoms with Crippen molar-refractivity contribution in [3.8, 4) is 11.8 Å². The number of hydrogen-bond donors (Lipinski definition) is 3. The maximum absolute atomic E-state index is 12.9. The van der Waals surface area contributed by atoms with Gasteiger partial charge in [0.25, 0.3) is 17.7 Å². The van der Waals surface area contributed by atoms with Crippen molar-refractivity contribution in [1.29, 1.82) is 0 Å². The highest BCUT2D eigenvalue weighted by Gasteiger charge is 2.47. The van der Waals surface area contributed by atoms with Crippen molar-refractivity contribution in [3.63, 3.8) is 0 Å². The quantitative estimate of drug-likeness (QED) is 0.243. The molecule has 3 amide bonds. The lowest BCUT2D eigenvalue weighted by atomic mass is 9.96. The summed E-state index contributed by atoms with van der Waals surface area (Å²) in [5.41, 5.74) is 1.19. The van der Waals surface area contributed by atoms with Crippen LogP contribution in [0.2, 0.25) is 0 Å². The Labute approximate surface area is 204 Å². The van der Waals surface area contributed by atoms with Gasteiger partial charge in [-0.1, -0.05) is 11.8 Å². The third-order valence-electron chi connectivity index (χ3n) is 6.02. The lowest BCUT2D eigenvalue weighted by Gasteiger charge is -2.34. The Bertz CT molecular complexity index is 1090. The Morgan fingerprint density at radius 3 is 2.51 bits per heavy atom. The zero-order chi connectivity index (χ0) is 25.4. The highest BCUT2D eigenvalue weighted by molar-refractivity contribution is 6.12. The molecule has 1 atom stereocenters. The average Bonchev–Trinajstić information content (AvgIpc) is 3.17. The lowest BCUT2D eigenvalue weighted by molar-refractivity contribution is -0.148. The maximum atomic E-state index is 12.9. The molecule has 10 heteroatoms. The summed E-state index contributed by atoms with van der Waals surface area (Å²) in [6.07, 6.45) is 2.62. The van der Waals surface area contributed by atoms with Crippen molar-refractivity contribution < 1.29 is 28.7 Å². The van der Waals surface area contributed by atoms with Crippen LogP contribution in [-0.4, -0.2) is 78.7 Å². The fraction of sp³-hybridized carbons (Fsp3) is 0.400. The van der Waals surface area contributed by atoms with E-state index in [1.807, 2.05) is 6.07 Å². The van der Waals surface area contributed by atoms with Crippen LogP contribution in [0.25, 0.3) is 0 Å². The zero-order valence-corrected chi connectivity index (χ0v) is 20.1. The molecule has 1 fully saturated rings. The Kier molecular flexibility index (Phi) is 8.65. The lowest BCUT2D eigenvalue weighted by Crippen LogP contribution is -2.64. The van der Waals surface area contributed by atoms with Crippen LogP contribution in [0.4, 0.5) is 0 Å². The summed E-state index contributed by atoms with van der Waals surface area (Å²) in [5.74, 6) is 4.59. The highest BCUT2D eigenvalue weighted by atomic mass is 16.5. The molecule has 1 aromatic heterocycles. The monoisotopic (exact) mass is 482 g/mol. The Hall–Kier alpha value is -3.65. The van der Waals surface area contributed by atoms with Crippen LogP contribution in [0.3, 0.4) is 0 Å². The Balaban J connectivity index is 1.67. The number of likely N-dealkylation sites (N-methyl/N-ethyl adjacent to an activating group) is 2. The van der Waals surface area contributed by atoms with Crippen molar-refractivity contribution in [2.24, 2.45) is 0 Å². The molecule has 1 unspecified atom stereocenters. The van der Waals surface area contributed by atoms with E-state index in [2.05, 4.69) is 22.1 Å². The van der Waals surface area contributed by atoms with Crippen LogP contribution < -0.4 is 10.8 Å². The molecule has 0 radical (unpaired) electrons. The van der Waals surface area contributed by atoms with E-state index in [0.29, 0.717) is 12.1 Å². The first-order valence-corrected chi connectivity index (χ1v) is 11.2. The predicted octanol–water partition coefficient (Wildman–Crippen LogP) is 0.984. The molecule has 3 N–H and O–H groups in total. The van der Waals surface area contributed by atoms with Crippen LogP contribution in [0.1, 0.15) is 40.6 Å². The number of ether oxygens (including phenoxy) is 1. The van der Waals surface area contributed by atoms with Gasteiger partial charge in [-0.3, -0.25) is 24.5 Å². The van der Waals surface area contributed by atoms with Gasteiger partial charge < -0.3 is 19.4 Å². The van der Waals surface area contributed by atoms with Gasteiger partial charge in [-0.25, -0.2) is 5.48 Å². The standard InChI is InChI=1S/C25H30N4O6/c1-25(23(31)26-2,24(32)27-33)28(3)22(30)20-9-7-18(8-10-20)5-6-19-15-21(35-17-19)16-29-11-4-13-34-14-12-29/h7-10,15,17,33H,4,11-14,16H2,1-3H3,(H,26,31)(H,27,32). The molecule has 0 saturated carbocycles. The van der Waals surface area contributed by atoms with Gasteiger partial charge in [0.2, 0.25) is 0 Å². The summed E-state index contributed by atoms with van der Waals surface area (Å²) in [7, 11) is 2.65. The van der Waals surface area contributed by atoms with E-state index < -0.39 is 23.3 Å². The van der Waals surface area contributed by atoms with E-state index in [-0.39, 0.29) is 5.56 Å². The molecule has 186 valence electrons. The SMILES string of the molecule is CNC(=O)C(C)(C(=O)NO)N(C)C(=O)c1ccc(C#Cc2coc(CN3CCCOCC3)c2)cc1. The van der Waals surface area contributed by atoms with Gasteiger partial charge in [0.05, 0.1) is 18.7 Å². The number of hydrogen-bond acceptors (Lipinski definition) is 7. The van der Waals surface area contributed by atoms with E-state index in [0.717, 1.165) is 48.9 Å². The van der Waals surface area contributed by atoms with Gasteiger partial charge in [0, 0.05) is 44.9 Å². The number of benzene rings is 1. The molecule has 1 saturated heterocycles. The van der Waals surface area contributed by atoms with Crippen LogP contribution >= 0.6 is 0 Å². The number of rotatable bonds is 6. The minimum absolute atomic E-state index is 0.256. The minimum atomic E-state index is -1.95. The minimum Gasteiger partial charge on any atom is -0.467 e. The molecular weight excluding hydrogens is 452 g/mol. The number of amides is 3. The molecule has 1 aromatic carbocycles. The molecule has 3 rings (SSSR count). The molecule has 35 heavy (non-hydrogen) atoms. The largest absolute Gasteiger partial charge is 0.467 e. The highest BCUT2D eigenvalue weighted by Crippen LogP contribution is 2.18. The van der Waals surface area contributed by atoms with E-state index >= 15 is 0 Å². The molecule has 0 spiro atoms. The van der Waals surface area contributed by atoms with Crippen LogP contribution in [0.5, 0.6) is 0 Å². The van der Waals surface area contributed by atoms with E-state index in [4.69, 9.17) is 14.4 Å². The third kappa shape index (κ3) is 6.08. The van der Waals surface area contributed by atoms with Gasteiger partial charge in [0.15, 0.2) is 5.54 Å². The van der Waals surface area contributed by atoms with Crippen LogP contribution in [0.15, 0.2) is 41.0 Å². The molecule has 1 aliphatic rings. The fourth-order valence-corrected chi connectivity index (χ4v) is 3.70. The smallest absolute Gasteiger partial charge is 0.278 e. The number of nitrogens with zero attached hydrogens (tertiary/aromatic N) is 2. The molecule has 10 nitrogen and oxygen atoms in total. The van der Waals surface area contributed by atoms with Gasteiger partial charge in [-0.15, -0.1) is 0 Å². The van der Waals surface area contributed by atoms with Crippen molar-refractivity contribution >= 4 is 17.7 Å². The number of furan rings is 1. The van der Waals surface area contributed by atoms with Crippen molar-refractivity contribution in [2.45, 2.75) is 25.4 Å². The number of hydroxylamine groups is 1. The second kappa shape index (κ2) is 11.7. The topological polar surface area (TPSA) is 124 Å². The predicted molar refractivity (Wildman–Crippen MR) is 126 cm³/mol. The molecule has 0 aliphatic carbocycles. The third-order valence-corrected chi connectivity index (χ3v) is 6.02. The summed E-state index contributed by atoms with van der Waals surface area (Å²) in [5, 5.41) is 11.4. The summed E-state index contributed by atoms with van der Waals surface area (Å²) >= 11 is 0. The first-order chi connectivity index (χ1) is 16.8. The van der Waals surface area contributed by atoms with Gasteiger partial charge in [0.1, 0.15) is 12.0 Å². The van der Waals surface area contributed by atoms with Crippen LogP contribution in [-0.2, 0) is 20.9 Å². The van der Waals surface area contributed by atoms with Crippen molar-refractivity contribution in [2.75, 3.05) is 40.4 Å². The number of carbonyl (C=O) groups excluding carboxylic acids is 3. The summed E-state index contributed by atoms with van der Waals surface area (Å²) < 4.78 is 11.1. The van der Waals surface area contributed by atoms with E-state index in [1.54, 1.807) is 30.5 Å². The van der Waals surface area contributed by atoms with Crippen molar-refractivity contribution in [1.82, 2.24) is 20.6 Å². The number of nitrogens with one attached hydrogen (secondary N) is 2. The summed E-state index contributed by atoms with van der Waals surface area (Å²) in [6, 6.07) is 8.39. The fourth-order valence-electron chi connectivity index (χ4n) is 3.70. The van der Waals surface area contributed by atoms with E-state index in [9.17, 15) is 14.4 Å². The molecular formula is C25H30N4O6. The van der Waals surface area contributed by atoms with E-state index in [1.165, 1.54) is 26.5 Å². The van der Waals surface area contributed by atoms with Gasteiger partial charge in [-0.2, -0.15) is 0 Å². The van der Waals surface area contributed by atoms with Crippen LogP contribution in [0, 0.1) is 11.8 Å². The summed E-state index contributed by atoms with van der Waals surface area (Å²) in [6.45, 7) is 5.30. The Morgan fingerprint density at radius 2 is 1.83 bits per heavy atom. The normalized spacial score (nSPS) is 15.7.